The van der Waals surface area contributed by atoms with Crippen molar-refractivity contribution in [2.45, 2.75) is 12.6 Å². The molecule has 1 aliphatic heterocycles. The van der Waals surface area contributed by atoms with Crippen LogP contribution < -0.4 is 0 Å². The summed E-state index contributed by atoms with van der Waals surface area (Å²) >= 11 is 3.33. The third-order valence-corrected chi connectivity index (χ3v) is 5.28. The number of Topliss-reactive ketones (excluding diaryl/α,β-unsaturated/α-hetero) is 1. The van der Waals surface area contributed by atoms with E-state index in [0.29, 0.717) is 16.9 Å². The second-order valence-corrected chi connectivity index (χ2v) is 7.52. The topological polar surface area (TPSA) is 91.0 Å². The third kappa shape index (κ3) is 3.56. The number of benzene rings is 2. The second-order valence-electron chi connectivity index (χ2n) is 6.61. The highest BCUT2D eigenvalue weighted by molar-refractivity contribution is 9.10. The molecule has 1 fully saturated rings. The number of rotatable bonds is 4. The highest BCUT2D eigenvalue weighted by Crippen LogP contribution is 2.41. The van der Waals surface area contributed by atoms with Crippen LogP contribution in [0.4, 0.5) is 0 Å². The fourth-order valence-corrected chi connectivity index (χ4v) is 3.68. The lowest BCUT2D eigenvalue weighted by atomic mass is 9.95. The lowest BCUT2D eigenvalue weighted by Crippen LogP contribution is -2.29. The van der Waals surface area contributed by atoms with E-state index in [4.69, 9.17) is 4.42 Å². The van der Waals surface area contributed by atoms with Crippen LogP contribution >= 0.6 is 15.9 Å². The van der Waals surface area contributed by atoms with Crippen LogP contribution in [0.15, 0.2) is 81.4 Å². The molecule has 0 saturated carbocycles. The predicted octanol–water partition coefficient (Wildman–Crippen LogP) is 4.37. The number of phenols is 1. The summed E-state index contributed by atoms with van der Waals surface area (Å²) in [6, 6.07) is 15.6. The maximum absolute atomic E-state index is 12.9. The van der Waals surface area contributed by atoms with E-state index < -0.39 is 17.7 Å². The summed E-state index contributed by atoms with van der Waals surface area (Å²) in [7, 11) is 0. The van der Waals surface area contributed by atoms with Gasteiger partial charge in [0.1, 0.15) is 17.3 Å². The molecule has 2 N–H and O–H groups in total. The zero-order valence-electron chi connectivity index (χ0n) is 15.1. The minimum atomic E-state index is -0.865. The van der Waals surface area contributed by atoms with E-state index in [0.717, 1.165) is 4.47 Å². The van der Waals surface area contributed by atoms with Crippen molar-refractivity contribution in [1.29, 1.82) is 0 Å². The smallest absolute Gasteiger partial charge is 0.296 e. The quantitative estimate of drug-likeness (QED) is 0.347. The number of aliphatic hydroxyl groups is 1. The van der Waals surface area contributed by atoms with Crippen LogP contribution in [0.25, 0.3) is 5.76 Å². The van der Waals surface area contributed by atoms with Crippen LogP contribution in [0.1, 0.15) is 22.9 Å². The molecule has 146 valence electrons. The molecular formula is C22H16BrNO5. The van der Waals surface area contributed by atoms with Gasteiger partial charge < -0.3 is 19.5 Å². The van der Waals surface area contributed by atoms with Gasteiger partial charge in [-0.3, -0.25) is 9.59 Å². The SMILES string of the molecule is O=C1C(=O)N(Cc2ccco2)C(c2cccc(O)c2)/C1=C(/O)c1ccc(Br)cc1. The number of hydrogen-bond donors (Lipinski definition) is 2. The molecule has 1 atom stereocenters. The number of hydrogen-bond acceptors (Lipinski definition) is 5. The van der Waals surface area contributed by atoms with Gasteiger partial charge in [0.2, 0.25) is 0 Å². The maximum Gasteiger partial charge on any atom is 0.296 e. The summed E-state index contributed by atoms with van der Waals surface area (Å²) < 4.78 is 6.16. The number of aliphatic hydroxyl groups excluding tert-OH is 1. The van der Waals surface area contributed by atoms with Crippen molar-refractivity contribution in [2.75, 3.05) is 0 Å². The number of carbonyl (C=O) groups is 2. The van der Waals surface area contributed by atoms with E-state index in [1.165, 1.54) is 23.3 Å². The van der Waals surface area contributed by atoms with E-state index in [2.05, 4.69) is 15.9 Å². The first kappa shape index (κ1) is 19.0. The van der Waals surface area contributed by atoms with Gasteiger partial charge >= 0.3 is 0 Å². The molecule has 2 aromatic carbocycles. The van der Waals surface area contributed by atoms with Crippen molar-refractivity contribution in [1.82, 2.24) is 4.90 Å². The Hall–Kier alpha value is -3.32. The van der Waals surface area contributed by atoms with Crippen LogP contribution in [-0.2, 0) is 16.1 Å². The molecule has 1 aromatic heterocycles. The lowest BCUT2D eigenvalue weighted by molar-refractivity contribution is -0.140. The van der Waals surface area contributed by atoms with Crippen LogP contribution in [0.5, 0.6) is 5.75 Å². The molecule has 1 unspecified atom stereocenters. The molecule has 0 bridgehead atoms. The summed E-state index contributed by atoms with van der Waals surface area (Å²) in [6.45, 7) is 0.0506. The first-order valence-electron chi connectivity index (χ1n) is 8.81. The highest BCUT2D eigenvalue weighted by Gasteiger charge is 2.46. The third-order valence-electron chi connectivity index (χ3n) is 4.75. The first-order valence-corrected chi connectivity index (χ1v) is 9.60. The Morgan fingerprint density at radius 3 is 2.48 bits per heavy atom. The molecule has 3 aromatic rings. The lowest BCUT2D eigenvalue weighted by Gasteiger charge is -2.24. The number of aromatic hydroxyl groups is 1. The molecule has 7 heteroatoms. The number of likely N-dealkylation sites (tertiary alicyclic amines) is 1. The van der Waals surface area contributed by atoms with Gasteiger partial charge in [-0.05, 0) is 42.0 Å². The molecule has 0 spiro atoms. The van der Waals surface area contributed by atoms with E-state index >= 15 is 0 Å². The van der Waals surface area contributed by atoms with E-state index in [9.17, 15) is 19.8 Å². The van der Waals surface area contributed by atoms with Crippen LogP contribution in [0, 0.1) is 0 Å². The standard InChI is InChI=1S/C22H16BrNO5/c23-15-8-6-13(7-9-15)20(26)18-19(14-3-1-4-16(25)11-14)24(22(28)21(18)27)12-17-5-2-10-29-17/h1-11,19,25-26H,12H2/b20-18-. The van der Waals surface area contributed by atoms with Gasteiger partial charge in [0.25, 0.3) is 11.7 Å². The number of ketones is 1. The Labute approximate surface area is 174 Å². The molecule has 1 amide bonds. The fourth-order valence-electron chi connectivity index (χ4n) is 3.42. The minimum absolute atomic E-state index is 0.00488. The Bertz CT molecular complexity index is 1100. The molecular weight excluding hydrogens is 438 g/mol. The van der Waals surface area contributed by atoms with E-state index in [1.54, 1.807) is 48.5 Å². The minimum Gasteiger partial charge on any atom is -0.508 e. The summed E-state index contributed by atoms with van der Waals surface area (Å²) in [5.41, 5.74) is 0.887. The zero-order valence-corrected chi connectivity index (χ0v) is 16.7. The number of nitrogens with zero attached hydrogens (tertiary/aromatic N) is 1. The number of carbonyl (C=O) groups excluding carboxylic acids is 2. The van der Waals surface area contributed by atoms with Gasteiger partial charge in [-0.2, -0.15) is 0 Å². The monoisotopic (exact) mass is 453 g/mol. The summed E-state index contributed by atoms with van der Waals surface area (Å²) in [5.74, 6) is -1.31. The largest absolute Gasteiger partial charge is 0.508 e. The van der Waals surface area contributed by atoms with Gasteiger partial charge in [0.05, 0.1) is 24.4 Å². The van der Waals surface area contributed by atoms with Gasteiger partial charge in [0.15, 0.2) is 0 Å². The molecule has 29 heavy (non-hydrogen) atoms. The predicted molar refractivity (Wildman–Crippen MR) is 109 cm³/mol. The van der Waals surface area contributed by atoms with Gasteiger partial charge in [-0.25, -0.2) is 0 Å². The van der Waals surface area contributed by atoms with E-state index in [-0.39, 0.29) is 23.6 Å². The fraction of sp³-hybridized carbons (Fsp3) is 0.0909. The average Bonchev–Trinajstić information content (AvgIpc) is 3.30. The Balaban J connectivity index is 1.87. The number of halogens is 1. The zero-order chi connectivity index (χ0) is 20.5. The Morgan fingerprint density at radius 1 is 1.07 bits per heavy atom. The molecule has 0 aliphatic carbocycles. The first-order chi connectivity index (χ1) is 14.0. The van der Waals surface area contributed by atoms with Gasteiger partial charge in [-0.1, -0.05) is 40.2 Å². The maximum atomic E-state index is 12.9. The van der Waals surface area contributed by atoms with Crippen molar-refractivity contribution in [3.8, 4) is 5.75 Å². The Morgan fingerprint density at radius 2 is 1.83 bits per heavy atom. The number of furan rings is 1. The molecule has 1 saturated heterocycles. The average molecular weight is 454 g/mol. The molecule has 4 rings (SSSR count). The van der Waals surface area contributed by atoms with Crippen molar-refractivity contribution >= 4 is 33.4 Å². The van der Waals surface area contributed by atoms with Crippen LogP contribution in [0.3, 0.4) is 0 Å². The molecule has 2 heterocycles. The second kappa shape index (κ2) is 7.60. The van der Waals surface area contributed by atoms with Crippen molar-refractivity contribution < 1.29 is 24.2 Å². The van der Waals surface area contributed by atoms with Gasteiger partial charge in [0, 0.05) is 10.0 Å². The van der Waals surface area contributed by atoms with Crippen LogP contribution in [0.2, 0.25) is 0 Å². The molecule has 0 radical (unpaired) electrons. The summed E-state index contributed by atoms with van der Waals surface area (Å²) in [4.78, 5) is 27.0. The summed E-state index contributed by atoms with van der Waals surface area (Å²) in [6.07, 6.45) is 1.48. The normalized spacial score (nSPS) is 18.4. The van der Waals surface area contributed by atoms with Gasteiger partial charge in [-0.15, -0.1) is 0 Å². The summed E-state index contributed by atoms with van der Waals surface area (Å²) in [5, 5.41) is 20.9. The van der Waals surface area contributed by atoms with Crippen molar-refractivity contribution in [3.63, 3.8) is 0 Å². The van der Waals surface area contributed by atoms with Crippen molar-refractivity contribution in [3.05, 3.63) is 93.9 Å². The molecule has 1 aliphatic rings. The van der Waals surface area contributed by atoms with Crippen LogP contribution in [-0.4, -0.2) is 26.8 Å². The highest BCUT2D eigenvalue weighted by atomic mass is 79.9. The number of amides is 1. The Kier molecular flexibility index (Phi) is 4.98. The number of phenolic OH excluding ortho intramolecular Hbond substituents is 1. The van der Waals surface area contributed by atoms with Crippen molar-refractivity contribution in [2.24, 2.45) is 0 Å². The molecule has 6 nitrogen and oxygen atoms in total. The van der Waals surface area contributed by atoms with E-state index in [1.807, 2.05) is 0 Å².